The number of pyridine rings is 1. The lowest BCUT2D eigenvalue weighted by atomic mass is 9.91. The average molecular weight is 509 g/mol. The van der Waals surface area contributed by atoms with Crippen LogP contribution in [0, 0.1) is 18.3 Å². The van der Waals surface area contributed by atoms with Gasteiger partial charge in [0.25, 0.3) is 5.56 Å². The molecule has 184 valence electrons. The molecule has 34 heavy (non-hydrogen) atoms. The van der Waals surface area contributed by atoms with Gasteiger partial charge in [0.15, 0.2) is 5.96 Å². The van der Waals surface area contributed by atoms with Crippen LogP contribution >= 0.6 is 12.4 Å². The van der Waals surface area contributed by atoms with Crippen molar-refractivity contribution in [3.05, 3.63) is 76.4 Å². The van der Waals surface area contributed by atoms with E-state index in [0.29, 0.717) is 42.8 Å². The first-order chi connectivity index (χ1) is 15.6. The van der Waals surface area contributed by atoms with Crippen LogP contribution in [0.4, 0.5) is 5.69 Å². The van der Waals surface area contributed by atoms with Crippen LogP contribution in [0.25, 0.3) is 0 Å². The van der Waals surface area contributed by atoms with E-state index in [1.165, 1.54) is 10.6 Å². The Morgan fingerprint density at radius 3 is 2.56 bits per heavy atom. The van der Waals surface area contributed by atoms with Crippen LogP contribution in [-0.4, -0.2) is 36.8 Å². The van der Waals surface area contributed by atoms with E-state index in [1.807, 2.05) is 0 Å². The van der Waals surface area contributed by atoms with Gasteiger partial charge in [-0.3, -0.25) is 24.3 Å². The highest BCUT2D eigenvalue weighted by Gasteiger charge is 2.33. The first kappa shape index (κ1) is 26.9. The lowest BCUT2D eigenvalue weighted by Gasteiger charge is -2.41. The Bertz CT molecular complexity index is 1220. The fourth-order valence-electron chi connectivity index (χ4n) is 4.07. The van der Waals surface area contributed by atoms with E-state index in [9.17, 15) is 18.0 Å². The molecule has 12 heteroatoms. The van der Waals surface area contributed by atoms with Crippen LogP contribution in [0.3, 0.4) is 0 Å². The Balaban J connectivity index is 0.00000408. The molecule has 0 bridgehead atoms. The minimum absolute atomic E-state index is 0. The zero-order valence-electron chi connectivity index (χ0n) is 18.7. The van der Waals surface area contributed by atoms with Gasteiger partial charge in [0.2, 0.25) is 16.4 Å². The quantitative estimate of drug-likeness (QED) is 0.243. The third-order valence-electron chi connectivity index (χ3n) is 5.70. The first-order valence-corrected chi connectivity index (χ1v) is 12.0. The predicted octanol–water partition coefficient (Wildman–Crippen LogP) is 1.88. The molecular formula is C22H29ClN6O4S. The second kappa shape index (κ2) is 11.2. The summed E-state index contributed by atoms with van der Waals surface area (Å²) >= 11 is 0. The summed E-state index contributed by atoms with van der Waals surface area (Å²) in [5.41, 5.74) is 6.85. The van der Waals surface area contributed by atoms with Crippen molar-refractivity contribution in [2.45, 2.75) is 31.7 Å². The molecule has 1 fully saturated rings. The Kier molecular flexibility index (Phi) is 8.88. The molecule has 0 spiro atoms. The van der Waals surface area contributed by atoms with Crippen LogP contribution in [0.15, 0.2) is 59.5 Å². The molecule has 2 unspecified atom stereocenters. The predicted molar refractivity (Wildman–Crippen MR) is 134 cm³/mol. The zero-order valence-corrected chi connectivity index (χ0v) is 20.4. The number of halogens is 1. The van der Waals surface area contributed by atoms with Crippen molar-refractivity contribution in [2.24, 2.45) is 11.7 Å². The molecule has 0 aliphatic carbocycles. The molecule has 1 aliphatic heterocycles. The van der Waals surface area contributed by atoms with Gasteiger partial charge in [-0.05, 0) is 37.5 Å². The van der Waals surface area contributed by atoms with E-state index < -0.39 is 21.7 Å². The number of likely N-dealkylation sites (tertiary alicyclic amines) is 1. The van der Waals surface area contributed by atoms with E-state index in [1.54, 1.807) is 48.2 Å². The third kappa shape index (κ3) is 6.17. The molecule has 2 heterocycles. The number of rotatable bonds is 8. The molecular weight excluding hydrogens is 480 g/mol. The van der Waals surface area contributed by atoms with Crippen molar-refractivity contribution in [3.8, 4) is 0 Å². The van der Waals surface area contributed by atoms with Crippen LogP contribution in [0.5, 0.6) is 0 Å². The number of hydrogen-bond acceptors (Lipinski definition) is 5. The normalized spacial score (nSPS) is 17.9. The summed E-state index contributed by atoms with van der Waals surface area (Å²) in [6.45, 7) is 5.99. The maximum atomic E-state index is 13.4. The summed E-state index contributed by atoms with van der Waals surface area (Å²) < 4.78 is 29.2. The first-order valence-electron chi connectivity index (χ1n) is 10.4. The van der Waals surface area contributed by atoms with E-state index in [4.69, 9.17) is 11.1 Å². The average Bonchev–Trinajstić information content (AvgIpc) is 2.76. The third-order valence-corrected chi connectivity index (χ3v) is 6.95. The number of nitrogens with zero attached hydrogens (tertiary/aromatic N) is 2. The summed E-state index contributed by atoms with van der Waals surface area (Å²) in [4.78, 5) is 25.8. The number of amides is 1. The Morgan fingerprint density at radius 1 is 1.26 bits per heavy atom. The zero-order chi connectivity index (χ0) is 24.2. The van der Waals surface area contributed by atoms with Crippen LogP contribution < -0.4 is 21.3 Å². The maximum Gasteiger partial charge on any atom is 0.276 e. The van der Waals surface area contributed by atoms with Crippen LogP contribution in [0.1, 0.15) is 30.3 Å². The highest BCUT2D eigenvalue weighted by molar-refractivity contribution is 7.91. The number of piperidine rings is 1. The van der Waals surface area contributed by atoms with Gasteiger partial charge in [0.05, 0.1) is 5.75 Å². The molecule has 1 amide bonds. The SMILES string of the molecule is C=C(NC=O)C1CCN(C(=N)N)C(n2c(C)ccc(NS(=O)(=O)Cc3ccccc3)c2=O)C1.Cl. The van der Waals surface area contributed by atoms with Crippen molar-refractivity contribution in [2.75, 3.05) is 11.3 Å². The Morgan fingerprint density at radius 2 is 1.94 bits per heavy atom. The van der Waals surface area contributed by atoms with Crippen molar-refractivity contribution >= 4 is 40.5 Å². The largest absolute Gasteiger partial charge is 0.370 e. The molecule has 2 aromatic rings. The number of allylic oxidation sites excluding steroid dienone is 1. The number of benzene rings is 1. The van der Waals surface area contributed by atoms with Crippen molar-refractivity contribution in [3.63, 3.8) is 0 Å². The summed E-state index contributed by atoms with van der Waals surface area (Å²) in [7, 11) is -3.84. The number of hydrogen-bond donors (Lipinski definition) is 4. The molecule has 0 radical (unpaired) electrons. The number of nitrogens with two attached hydrogens (primary N) is 1. The summed E-state index contributed by atoms with van der Waals surface area (Å²) in [6.07, 6.45) is 0.860. The Hall–Kier alpha value is -3.31. The molecule has 2 atom stereocenters. The fourth-order valence-corrected chi connectivity index (χ4v) is 5.26. The van der Waals surface area contributed by atoms with Gasteiger partial charge in [0.1, 0.15) is 11.9 Å². The summed E-state index contributed by atoms with van der Waals surface area (Å²) in [6, 6.07) is 11.7. The highest BCUT2D eigenvalue weighted by atomic mass is 35.5. The second-order valence-corrected chi connectivity index (χ2v) is 9.70. The molecule has 3 rings (SSSR count). The minimum Gasteiger partial charge on any atom is -0.370 e. The molecule has 0 saturated carbocycles. The number of aromatic nitrogens is 1. The van der Waals surface area contributed by atoms with Crippen molar-refractivity contribution in [1.82, 2.24) is 14.8 Å². The molecule has 10 nitrogen and oxygen atoms in total. The molecule has 1 aromatic carbocycles. The number of guanidine groups is 1. The van der Waals surface area contributed by atoms with Gasteiger partial charge in [-0.25, -0.2) is 8.42 Å². The molecule has 1 saturated heterocycles. The van der Waals surface area contributed by atoms with Gasteiger partial charge in [-0.1, -0.05) is 36.9 Å². The van der Waals surface area contributed by atoms with Gasteiger partial charge in [0, 0.05) is 23.9 Å². The summed E-state index contributed by atoms with van der Waals surface area (Å²) in [5.74, 6) is -0.613. The lowest BCUT2D eigenvalue weighted by molar-refractivity contribution is -0.109. The van der Waals surface area contributed by atoms with Gasteiger partial charge in [-0.2, -0.15) is 0 Å². The van der Waals surface area contributed by atoms with Crippen LogP contribution in [-0.2, 0) is 20.6 Å². The van der Waals surface area contributed by atoms with Crippen molar-refractivity contribution in [1.29, 1.82) is 5.41 Å². The number of anilines is 1. The molecule has 1 aromatic heterocycles. The highest BCUT2D eigenvalue weighted by Crippen LogP contribution is 2.33. The van der Waals surface area contributed by atoms with Gasteiger partial charge < -0.3 is 16.0 Å². The van der Waals surface area contributed by atoms with Gasteiger partial charge >= 0.3 is 0 Å². The summed E-state index contributed by atoms with van der Waals surface area (Å²) in [5, 5.41) is 10.5. The number of aryl methyl sites for hydroxylation is 1. The monoisotopic (exact) mass is 508 g/mol. The molecule has 5 N–H and O–H groups in total. The molecule has 1 aliphatic rings. The lowest BCUT2D eigenvalue weighted by Crippen LogP contribution is -2.50. The Labute approximate surface area is 204 Å². The van der Waals surface area contributed by atoms with E-state index in [-0.39, 0.29) is 35.7 Å². The number of carbonyl (C=O) groups is 1. The van der Waals surface area contributed by atoms with Gasteiger partial charge in [-0.15, -0.1) is 12.4 Å². The smallest absolute Gasteiger partial charge is 0.276 e. The standard InChI is InChI=1S/C22H28N6O4S.ClH/c1-15-8-9-19(26-33(31,32)13-17-6-4-3-5-7-17)21(30)28(15)20-12-18(16(2)25-14-29)10-11-27(20)22(23)24;/h3-9,14,18,20,26H,2,10-13H2,1H3,(H3,23,24)(H,25,29);1H. The second-order valence-electron chi connectivity index (χ2n) is 7.98. The van der Waals surface area contributed by atoms with E-state index >= 15 is 0 Å². The number of carbonyl (C=O) groups excluding carboxylic acids is 1. The topological polar surface area (TPSA) is 150 Å². The number of sulfonamides is 1. The minimum atomic E-state index is -3.84. The van der Waals surface area contributed by atoms with Crippen molar-refractivity contribution < 1.29 is 13.2 Å². The number of nitrogens with one attached hydrogen (secondary N) is 3. The van der Waals surface area contributed by atoms with E-state index in [0.717, 1.165) is 0 Å². The fraction of sp³-hybridized carbons (Fsp3) is 0.318. The maximum absolute atomic E-state index is 13.4. The van der Waals surface area contributed by atoms with E-state index in [2.05, 4.69) is 16.6 Å². The van der Waals surface area contributed by atoms with Crippen LogP contribution in [0.2, 0.25) is 0 Å².